The normalized spacial score (nSPS) is 14.3. The van der Waals surface area contributed by atoms with Crippen molar-refractivity contribution in [3.05, 3.63) is 0 Å². The van der Waals surface area contributed by atoms with E-state index in [1.54, 1.807) is 13.8 Å². The van der Waals surface area contributed by atoms with Crippen LogP contribution in [0, 0.1) is 5.92 Å². The zero-order valence-electron chi connectivity index (χ0n) is 8.73. The van der Waals surface area contributed by atoms with Crippen LogP contribution < -0.4 is 0 Å². The molecule has 0 aliphatic rings. The van der Waals surface area contributed by atoms with E-state index in [0.717, 1.165) is 0 Å². The Bertz CT molecular complexity index is 286. The summed E-state index contributed by atoms with van der Waals surface area (Å²) in [5.74, 6) is -1.64. The van der Waals surface area contributed by atoms with Crippen LogP contribution in [0.5, 0.6) is 0 Å². The molecule has 1 N–H and O–H groups in total. The van der Waals surface area contributed by atoms with Crippen molar-refractivity contribution in [2.75, 3.05) is 18.8 Å². The zero-order chi connectivity index (χ0) is 11.4. The van der Waals surface area contributed by atoms with Gasteiger partial charge in [0.2, 0.25) is 10.0 Å². The Hall–Kier alpha value is -0.620. The van der Waals surface area contributed by atoms with Crippen molar-refractivity contribution in [1.82, 2.24) is 4.31 Å². The number of nitrogens with zero attached hydrogens (tertiary/aromatic N) is 1. The monoisotopic (exact) mass is 223 g/mol. The number of hydrogen-bond acceptors (Lipinski definition) is 3. The summed E-state index contributed by atoms with van der Waals surface area (Å²) < 4.78 is 24.0. The molecule has 0 heterocycles. The highest BCUT2D eigenvalue weighted by Crippen LogP contribution is 2.06. The quantitative estimate of drug-likeness (QED) is 0.706. The number of aliphatic carboxylic acids is 1. The molecule has 84 valence electrons. The molecule has 0 radical (unpaired) electrons. The number of carbonyl (C=O) groups is 1. The van der Waals surface area contributed by atoms with Gasteiger partial charge in [0.15, 0.2) is 0 Å². The minimum atomic E-state index is -3.27. The van der Waals surface area contributed by atoms with E-state index >= 15 is 0 Å². The van der Waals surface area contributed by atoms with Crippen LogP contribution in [0.1, 0.15) is 20.8 Å². The fourth-order valence-corrected chi connectivity index (χ4v) is 2.21. The largest absolute Gasteiger partial charge is 0.481 e. The van der Waals surface area contributed by atoms with Gasteiger partial charge in [-0.1, -0.05) is 13.8 Å². The molecule has 14 heavy (non-hydrogen) atoms. The molecule has 0 bridgehead atoms. The SMILES string of the molecule is CCN(CC(C)C(=O)O)S(=O)(=O)CC. The summed E-state index contributed by atoms with van der Waals surface area (Å²) in [7, 11) is -3.27. The van der Waals surface area contributed by atoms with E-state index in [0.29, 0.717) is 6.54 Å². The van der Waals surface area contributed by atoms with Crippen molar-refractivity contribution in [2.45, 2.75) is 20.8 Å². The summed E-state index contributed by atoms with van der Waals surface area (Å²) >= 11 is 0. The molecule has 0 saturated heterocycles. The molecule has 5 nitrogen and oxygen atoms in total. The molecule has 0 aromatic carbocycles. The lowest BCUT2D eigenvalue weighted by molar-refractivity contribution is -0.141. The lowest BCUT2D eigenvalue weighted by atomic mass is 10.2. The van der Waals surface area contributed by atoms with Crippen molar-refractivity contribution in [3.63, 3.8) is 0 Å². The molecule has 0 rings (SSSR count). The van der Waals surface area contributed by atoms with Gasteiger partial charge in [-0.25, -0.2) is 12.7 Å². The van der Waals surface area contributed by atoms with Crippen LogP contribution in [0.2, 0.25) is 0 Å². The number of carboxylic acids is 1. The highest BCUT2D eigenvalue weighted by Gasteiger charge is 2.23. The topological polar surface area (TPSA) is 74.7 Å². The van der Waals surface area contributed by atoms with Crippen LogP contribution in [0.3, 0.4) is 0 Å². The molecule has 0 aromatic rings. The molecular formula is C8H17NO4S. The molecule has 1 atom stereocenters. The van der Waals surface area contributed by atoms with Crippen LogP contribution >= 0.6 is 0 Å². The maximum absolute atomic E-state index is 11.4. The smallest absolute Gasteiger partial charge is 0.307 e. The first-order valence-corrected chi connectivity index (χ1v) is 6.16. The molecule has 0 aliphatic carbocycles. The maximum atomic E-state index is 11.4. The van der Waals surface area contributed by atoms with Gasteiger partial charge in [0.1, 0.15) is 0 Å². The highest BCUT2D eigenvalue weighted by atomic mass is 32.2. The standard InChI is InChI=1S/C8H17NO4S/c1-4-9(14(12,13)5-2)6-7(3)8(10)11/h7H,4-6H2,1-3H3,(H,10,11). The highest BCUT2D eigenvalue weighted by molar-refractivity contribution is 7.89. The maximum Gasteiger partial charge on any atom is 0.307 e. The van der Waals surface area contributed by atoms with E-state index in [4.69, 9.17) is 5.11 Å². The number of hydrogen-bond donors (Lipinski definition) is 1. The van der Waals surface area contributed by atoms with Gasteiger partial charge in [0, 0.05) is 13.1 Å². The van der Waals surface area contributed by atoms with Crippen LogP contribution in [-0.4, -0.2) is 42.6 Å². The third-order valence-electron chi connectivity index (χ3n) is 2.01. The minimum Gasteiger partial charge on any atom is -0.481 e. The molecule has 0 saturated carbocycles. The minimum absolute atomic E-state index is 0.00712. The zero-order valence-corrected chi connectivity index (χ0v) is 9.54. The van der Waals surface area contributed by atoms with E-state index in [1.807, 2.05) is 0 Å². The number of carboxylic acid groups (broad SMARTS) is 1. The van der Waals surface area contributed by atoms with Crippen molar-refractivity contribution < 1.29 is 18.3 Å². The summed E-state index contributed by atoms with van der Waals surface area (Å²) in [6.07, 6.45) is 0. The van der Waals surface area contributed by atoms with Crippen molar-refractivity contribution in [3.8, 4) is 0 Å². The van der Waals surface area contributed by atoms with E-state index in [-0.39, 0.29) is 12.3 Å². The van der Waals surface area contributed by atoms with Crippen molar-refractivity contribution >= 4 is 16.0 Å². The fourth-order valence-electron chi connectivity index (χ4n) is 1.01. The molecule has 0 aliphatic heterocycles. The molecule has 6 heteroatoms. The van der Waals surface area contributed by atoms with Crippen LogP contribution in [0.4, 0.5) is 0 Å². The van der Waals surface area contributed by atoms with Gasteiger partial charge >= 0.3 is 5.97 Å². The Morgan fingerprint density at radius 1 is 1.43 bits per heavy atom. The first kappa shape index (κ1) is 13.4. The summed E-state index contributed by atoms with van der Waals surface area (Å²) in [5, 5.41) is 8.64. The van der Waals surface area contributed by atoms with Gasteiger partial charge in [-0.05, 0) is 6.92 Å². The Balaban J connectivity index is 4.53. The van der Waals surface area contributed by atoms with Crippen LogP contribution in [0.15, 0.2) is 0 Å². The molecular weight excluding hydrogens is 206 g/mol. The predicted molar refractivity (Wildman–Crippen MR) is 53.5 cm³/mol. The summed E-state index contributed by atoms with van der Waals surface area (Å²) in [6, 6.07) is 0. The second-order valence-corrected chi connectivity index (χ2v) is 5.35. The lowest BCUT2D eigenvalue weighted by Crippen LogP contribution is -2.37. The van der Waals surface area contributed by atoms with Crippen LogP contribution in [-0.2, 0) is 14.8 Å². The van der Waals surface area contributed by atoms with Gasteiger partial charge in [-0.2, -0.15) is 0 Å². The van der Waals surface area contributed by atoms with Gasteiger partial charge in [0.25, 0.3) is 0 Å². The Labute approximate surface area is 84.8 Å². The summed E-state index contributed by atoms with van der Waals surface area (Å²) in [5.41, 5.74) is 0. The van der Waals surface area contributed by atoms with Gasteiger partial charge < -0.3 is 5.11 Å². The van der Waals surface area contributed by atoms with E-state index in [1.165, 1.54) is 11.2 Å². The Morgan fingerprint density at radius 2 is 1.93 bits per heavy atom. The van der Waals surface area contributed by atoms with E-state index < -0.39 is 21.9 Å². The van der Waals surface area contributed by atoms with Gasteiger partial charge in [-0.3, -0.25) is 4.79 Å². The number of rotatable bonds is 6. The second-order valence-electron chi connectivity index (χ2n) is 3.09. The molecule has 0 amide bonds. The fraction of sp³-hybridized carbons (Fsp3) is 0.875. The Morgan fingerprint density at radius 3 is 2.21 bits per heavy atom. The van der Waals surface area contributed by atoms with E-state index in [9.17, 15) is 13.2 Å². The molecule has 1 unspecified atom stereocenters. The molecule has 0 aromatic heterocycles. The first-order chi connectivity index (χ1) is 6.35. The van der Waals surface area contributed by atoms with Gasteiger partial charge in [-0.15, -0.1) is 0 Å². The average molecular weight is 223 g/mol. The molecule has 0 spiro atoms. The third kappa shape index (κ3) is 3.63. The average Bonchev–Trinajstić information content (AvgIpc) is 2.13. The summed E-state index contributed by atoms with van der Waals surface area (Å²) in [6.45, 7) is 5.09. The van der Waals surface area contributed by atoms with E-state index in [2.05, 4.69) is 0 Å². The second kappa shape index (κ2) is 5.31. The first-order valence-electron chi connectivity index (χ1n) is 4.55. The summed E-state index contributed by atoms with van der Waals surface area (Å²) in [4.78, 5) is 10.5. The molecule has 0 fully saturated rings. The lowest BCUT2D eigenvalue weighted by Gasteiger charge is -2.21. The third-order valence-corrected chi connectivity index (χ3v) is 3.93. The number of sulfonamides is 1. The van der Waals surface area contributed by atoms with Crippen molar-refractivity contribution in [1.29, 1.82) is 0 Å². The predicted octanol–water partition coefficient (Wildman–Crippen LogP) is 0.379. The van der Waals surface area contributed by atoms with Crippen molar-refractivity contribution in [2.24, 2.45) is 5.92 Å². The Kier molecular flexibility index (Phi) is 5.07. The van der Waals surface area contributed by atoms with Gasteiger partial charge in [0.05, 0.1) is 11.7 Å². The van der Waals surface area contributed by atoms with Crippen LogP contribution in [0.25, 0.3) is 0 Å².